The predicted molar refractivity (Wildman–Crippen MR) is 152 cm³/mol. The van der Waals surface area contributed by atoms with E-state index < -0.39 is 12.2 Å². The number of carbonyl (C=O) groups excluding carboxylic acids is 3. The van der Waals surface area contributed by atoms with Crippen LogP contribution in [0.3, 0.4) is 0 Å². The molecule has 1 aliphatic carbocycles. The molecule has 9 nitrogen and oxygen atoms in total. The van der Waals surface area contributed by atoms with Gasteiger partial charge in [-0.15, -0.1) is 0 Å². The molecule has 1 N–H and O–H groups in total. The molecular weight excluding hydrogens is 492 g/mol. The lowest BCUT2D eigenvalue weighted by atomic mass is 9.93. The van der Waals surface area contributed by atoms with Gasteiger partial charge < -0.3 is 15.1 Å². The molecule has 0 saturated carbocycles. The summed E-state index contributed by atoms with van der Waals surface area (Å²) in [5, 5.41) is 6.47. The summed E-state index contributed by atoms with van der Waals surface area (Å²) in [7, 11) is 0. The molecule has 0 radical (unpaired) electrons. The van der Waals surface area contributed by atoms with E-state index >= 15 is 0 Å². The van der Waals surface area contributed by atoms with Crippen LogP contribution in [0.1, 0.15) is 38.7 Å². The van der Waals surface area contributed by atoms with Crippen molar-refractivity contribution >= 4 is 24.6 Å². The second-order valence-corrected chi connectivity index (χ2v) is 9.82. The Hall–Kier alpha value is -3.98. The second kappa shape index (κ2) is 13.2. The number of nitrogens with zero attached hydrogens (tertiary/aromatic N) is 5. The maximum absolute atomic E-state index is 13.9. The van der Waals surface area contributed by atoms with Crippen molar-refractivity contribution in [2.45, 2.75) is 51.9 Å². The lowest BCUT2D eigenvalue weighted by Crippen LogP contribution is -2.66. The standard InChI is InChI=1S/C30H38N6O3/c1-4-6-17-25(31-3)20-33-21-26-35(34(18-5-2)30(39)32-19-23-13-9-7-10-14-23)22-27(37)36(26)28(29(33)38)24-15-11-8-12-16-24/h4,6-11,13-15,17,26,28H,3,5,12,16,18-22H2,1-2H3,(H,32,39)/b6-4-,25-17-/t26-,28?/m1/s1. The van der Waals surface area contributed by atoms with Crippen molar-refractivity contribution in [3.63, 3.8) is 0 Å². The van der Waals surface area contributed by atoms with Gasteiger partial charge in [-0.2, -0.15) is 5.01 Å². The molecule has 2 aliphatic heterocycles. The first-order valence-corrected chi connectivity index (χ1v) is 13.6. The van der Waals surface area contributed by atoms with Gasteiger partial charge in [0.25, 0.3) is 0 Å². The number of piperazine rings is 1. The number of carbonyl (C=O) groups is 3. The average Bonchev–Trinajstić information content (AvgIpc) is 3.28. The van der Waals surface area contributed by atoms with E-state index in [1.54, 1.807) is 14.8 Å². The minimum atomic E-state index is -0.713. The topological polar surface area (TPSA) is 88.6 Å². The Morgan fingerprint density at radius 1 is 1.26 bits per heavy atom. The van der Waals surface area contributed by atoms with Crippen molar-refractivity contribution in [3.05, 3.63) is 83.6 Å². The van der Waals surface area contributed by atoms with E-state index in [2.05, 4.69) is 23.1 Å². The van der Waals surface area contributed by atoms with E-state index in [0.717, 1.165) is 24.0 Å². The van der Waals surface area contributed by atoms with Crippen molar-refractivity contribution < 1.29 is 14.4 Å². The molecule has 0 spiro atoms. The molecule has 2 saturated heterocycles. The van der Waals surface area contributed by atoms with Crippen LogP contribution in [0, 0.1) is 0 Å². The molecule has 3 aliphatic rings. The van der Waals surface area contributed by atoms with Crippen LogP contribution in [-0.2, 0) is 16.1 Å². The number of rotatable bonds is 10. The first-order chi connectivity index (χ1) is 19.0. The van der Waals surface area contributed by atoms with Crippen molar-refractivity contribution in [3.8, 4) is 0 Å². The fourth-order valence-electron chi connectivity index (χ4n) is 5.27. The fourth-order valence-corrected chi connectivity index (χ4v) is 5.27. The van der Waals surface area contributed by atoms with Crippen LogP contribution in [0.5, 0.6) is 0 Å². The molecule has 1 aromatic rings. The molecule has 9 heteroatoms. The number of benzene rings is 1. The summed E-state index contributed by atoms with van der Waals surface area (Å²) in [6.07, 6.45) is 13.3. The maximum atomic E-state index is 13.9. The number of nitrogens with one attached hydrogen (secondary N) is 1. The molecule has 1 aromatic carbocycles. The number of hydrogen-bond donors (Lipinski definition) is 1. The number of amides is 4. The lowest BCUT2D eigenvalue weighted by molar-refractivity contribution is -0.154. The SMILES string of the molecule is C=N/C(=C\C=C/C)CN1C[C@H]2N(C(=O)CN2N(CCC)C(=O)NCc2ccccc2)C(C2=CC=CCC2)C1=O. The fraction of sp³-hybridized carbons (Fsp3) is 0.400. The van der Waals surface area contributed by atoms with Gasteiger partial charge in [0.1, 0.15) is 12.2 Å². The number of aliphatic imine (C=N–C) groups is 1. The Labute approximate surface area is 230 Å². The van der Waals surface area contributed by atoms with Crippen LogP contribution in [-0.4, -0.2) is 82.8 Å². The number of hydrogen-bond acceptors (Lipinski definition) is 5. The van der Waals surface area contributed by atoms with Crippen molar-refractivity contribution in [2.24, 2.45) is 4.99 Å². The number of urea groups is 1. The summed E-state index contributed by atoms with van der Waals surface area (Å²) in [6, 6.07) is 8.74. The van der Waals surface area contributed by atoms with E-state index in [9.17, 15) is 14.4 Å². The molecule has 0 aromatic heterocycles. The van der Waals surface area contributed by atoms with Crippen LogP contribution >= 0.6 is 0 Å². The average molecular weight is 531 g/mol. The zero-order chi connectivity index (χ0) is 27.8. The normalized spacial score (nSPS) is 21.8. The van der Waals surface area contributed by atoms with E-state index in [1.807, 2.05) is 79.6 Å². The summed E-state index contributed by atoms with van der Waals surface area (Å²) in [5.41, 5.74) is 2.56. The molecule has 2 fully saturated rings. The predicted octanol–water partition coefficient (Wildman–Crippen LogP) is 3.64. The molecule has 2 atom stereocenters. The third kappa shape index (κ3) is 6.37. The Bertz CT molecular complexity index is 1190. The molecule has 39 heavy (non-hydrogen) atoms. The molecule has 2 heterocycles. The summed E-state index contributed by atoms with van der Waals surface area (Å²) in [4.78, 5) is 48.4. The van der Waals surface area contributed by atoms with Gasteiger partial charge in [-0.1, -0.05) is 67.6 Å². The highest BCUT2D eigenvalue weighted by Gasteiger charge is 2.53. The smallest absolute Gasteiger partial charge is 0.332 e. The van der Waals surface area contributed by atoms with E-state index in [4.69, 9.17) is 0 Å². The Kier molecular flexibility index (Phi) is 9.49. The molecular formula is C30H38N6O3. The highest BCUT2D eigenvalue weighted by molar-refractivity contribution is 5.94. The van der Waals surface area contributed by atoms with Crippen LogP contribution in [0.2, 0.25) is 0 Å². The maximum Gasteiger partial charge on any atom is 0.332 e. The highest BCUT2D eigenvalue weighted by Crippen LogP contribution is 2.33. The minimum absolute atomic E-state index is 0.0329. The number of fused-ring (bicyclic) bond motifs is 1. The third-order valence-corrected chi connectivity index (χ3v) is 7.16. The Morgan fingerprint density at radius 2 is 2.05 bits per heavy atom. The monoisotopic (exact) mass is 530 g/mol. The zero-order valence-electron chi connectivity index (χ0n) is 22.8. The Morgan fingerprint density at radius 3 is 2.72 bits per heavy atom. The minimum Gasteiger partial charge on any atom is -0.333 e. The molecule has 4 amide bonds. The number of allylic oxidation sites excluding steroid dienone is 6. The van der Waals surface area contributed by atoms with Gasteiger partial charge in [0, 0.05) is 13.1 Å². The van der Waals surface area contributed by atoms with Crippen LogP contribution < -0.4 is 5.32 Å². The lowest BCUT2D eigenvalue weighted by Gasteiger charge is -2.47. The van der Waals surface area contributed by atoms with Gasteiger partial charge in [-0.05, 0) is 50.1 Å². The van der Waals surface area contributed by atoms with Gasteiger partial charge >= 0.3 is 6.03 Å². The van der Waals surface area contributed by atoms with Crippen molar-refractivity contribution in [2.75, 3.05) is 26.2 Å². The van der Waals surface area contributed by atoms with Crippen LogP contribution in [0.4, 0.5) is 4.79 Å². The Balaban J connectivity index is 1.64. The van der Waals surface area contributed by atoms with Crippen LogP contribution in [0.25, 0.3) is 0 Å². The van der Waals surface area contributed by atoms with E-state index in [1.165, 1.54) is 0 Å². The zero-order valence-corrected chi connectivity index (χ0v) is 22.8. The summed E-state index contributed by atoms with van der Waals surface area (Å²) < 4.78 is 0. The largest absolute Gasteiger partial charge is 0.333 e. The third-order valence-electron chi connectivity index (χ3n) is 7.16. The van der Waals surface area contributed by atoms with E-state index in [0.29, 0.717) is 25.2 Å². The second-order valence-electron chi connectivity index (χ2n) is 9.82. The quantitative estimate of drug-likeness (QED) is 0.370. The molecule has 0 bridgehead atoms. The summed E-state index contributed by atoms with van der Waals surface area (Å²) in [6.45, 7) is 8.99. The first kappa shape index (κ1) is 28.0. The van der Waals surface area contributed by atoms with E-state index in [-0.39, 0.29) is 37.5 Å². The van der Waals surface area contributed by atoms with Gasteiger partial charge in [-0.3, -0.25) is 19.6 Å². The summed E-state index contributed by atoms with van der Waals surface area (Å²) in [5.74, 6) is -0.287. The molecule has 206 valence electrons. The molecule has 1 unspecified atom stereocenters. The summed E-state index contributed by atoms with van der Waals surface area (Å²) >= 11 is 0. The van der Waals surface area contributed by atoms with Crippen molar-refractivity contribution in [1.29, 1.82) is 0 Å². The first-order valence-electron chi connectivity index (χ1n) is 13.6. The van der Waals surface area contributed by atoms with Crippen LogP contribution in [0.15, 0.2) is 83.1 Å². The van der Waals surface area contributed by atoms with Gasteiger partial charge in [-0.25, -0.2) is 4.79 Å². The number of hydrazine groups is 1. The van der Waals surface area contributed by atoms with Crippen molar-refractivity contribution in [1.82, 2.24) is 25.1 Å². The van der Waals surface area contributed by atoms with Gasteiger partial charge in [0.05, 0.1) is 25.3 Å². The van der Waals surface area contributed by atoms with Gasteiger partial charge in [0.15, 0.2) is 0 Å². The van der Waals surface area contributed by atoms with Gasteiger partial charge in [0.2, 0.25) is 11.8 Å². The highest BCUT2D eigenvalue weighted by atomic mass is 16.2. The molecule has 4 rings (SSSR count).